The van der Waals surface area contributed by atoms with Crippen molar-refractivity contribution in [2.24, 2.45) is 5.11 Å². The summed E-state index contributed by atoms with van der Waals surface area (Å²) in [6, 6.07) is 7.52. The van der Waals surface area contributed by atoms with Crippen LogP contribution in [0.4, 0.5) is 0 Å². The Morgan fingerprint density at radius 3 is 2.72 bits per heavy atom. The maximum Gasteiger partial charge on any atom is 0.119 e. The molecule has 0 N–H and O–H groups in total. The summed E-state index contributed by atoms with van der Waals surface area (Å²) in [6.07, 6.45) is 0.566. The van der Waals surface area contributed by atoms with Gasteiger partial charge in [-0.05, 0) is 29.8 Å². The van der Waals surface area contributed by atoms with E-state index in [1.807, 2.05) is 24.3 Å². The first-order chi connectivity index (χ1) is 8.86. The number of hydrogen-bond acceptors (Lipinski definition) is 3. The summed E-state index contributed by atoms with van der Waals surface area (Å²) in [4.78, 5) is 2.66. The molecule has 0 unspecified atom stereocenters. The molecule has 1 aromatic rings. The third-order valence-corrected chi connectivity index (χ3v) is 2.04. The molecule has 0 bridgehead atoms. The lowest BCUT2D eigenvalue weighted by Gasteiger charge is -2.04. The molecule has 1 aromatic carbocycles. The molecule has 0 atom stereocenters. The average molecular weight is 245 g/mol. The van der Waals surface area contributed by atoms with Crippen LogP contribution in [0.25, 0.3) is 10.4 Å². The maximum atomic E-state index is 8.09. The Kier molecular flexibility index (Phi) is 6.91. The molecule has 0 amide bonds. The minimum atomic E-state index is 0.404. The van der Waals surface area contributed by atoms with E-state index in [9.17, 15) is 0 Å². The second-order valence-electron chi connectivity index (χ2n) is 3.37. The highest BCUT2D eigenvalue weighted by atomic mass is 16.5. The van der Waals surface area contributed by atoms with Crippen molar-refractivity contribution >= 4 is 0 Å². The number of hydrogen-bond donors (Lipinski definition) is 0. The molecule has 94 valence electrons. The second kappa shape index (κ2) is 8.94. The molecule has 0 saturated carbocycles. The van der Waals surface area contributed by atoms with Crippen LogP contribution in [0.2, 0.25) is 0 Å². The van der Waals surface area contributed by atoms with Crippen LogP contribution in [0.1, 0.15) is 12.0 Å². The van der Waals surface area contributed by atoms with Gasteiger partial charge in [-0.25, -0.2) is 0 Å². The molecule has 0 saturated heterocycles. The Balaban J connectivity index is 2.41. The van der Waals surface area contributed by atoms with E-state index in [-0.39, 0.29) is 0 Å². The smallest absolute Gasteiger partial charge is 0.119 e. The van der Waals surface area contributed by atoms with Crippen LogP contribution < -0.4 is 4.74 Å². The lowest BCUT2D eigenvalue weighted by atomic mass is 10.2. The Morgan fingerprint density at radius 1 is 1.28 bits per heavy atom. The van der Waals surface area contributed by atoms with Crippen LogP contribution in [0.15, 0.2) is 29.4 Å². The number of methoxy groups -OCH3 is 1. The van der Waals surface area contributed by atoms with E-state index < -0.39 is 0 Å². The van der Waals surface area contributed by atoms with Gasteiger partial charge in [0.1, 0.15) is 12.4 Å². The summed E-state index contributed by atoms with van der Waals surface area (Å²) < 4.78 is 10.3. The topological polar surface area (TPSA) is 67.2 Å². The van der Waals surface area contributed by atoms with Gasteiger partial charge in [-0.1, -0.05) is 17.0 Å². The highest BCUT2D eigenvalue weighted by molar-refractivity contribution is 5.38. The van der Waals surface area contributed by atoms with Gasteiger partial charge in [0.05, 0.1) is 6.61 Å². The van der Waals surface area contributed by atoms with Gasteiger partial charge in [0.2, 0.25) is 0 Å². The van der Waals surface area contributed by atoms with Gasteiger partial charge in [0.25, 0.3) is 0 Å². The molecule has 18 heavy (non-hydrogen) atoms. The van der Waals surface area contributed by atoms with Gasteiger partial charge in [0.15, 0.2) is 0 Å². The van der Waals surface area contributed by atoms with Gasteiger partial charge in [-0.2, -0.15) is 0 Å². The summed E-state index contributed by atoms with van der Waals surface area (Å²) >= 11 is 0. The van der Waals surface area contributed by atoms with Crippen molar-refractivity contribution in [2.75, 3.05) is 26.9 Å². The van der Waals surface area contributed by atoms with Crippen molar-refractivity contribution in [3.8, 4) is 17.6 Å². The summed E-state index contributed by atoms with van der Waals surface area (Å²) in [7, 11) is 1.64. The van der Waals surface area contributed by atoms with E-state index in [1.165, 1.54) is 0 Å². The molecule has 0 aliphatic rings. The lowest BCUT2D eigenvalue weighted by Crippen LogP contribution is -2.03. The number of ether oxygens (including phenoxy) is 2. The SMILES string of the molecule is COCCOc1ccc(C#CCCN=[N+]=[N-])cc1. The summed E-state index contributed by atoms with van der Waals surface area (Å²) in [5.41, 5.74) is 9.00. The summed E-state index contributed by atoms with van der Waals surface area (Å²) in [6.45, 7) is 1.51. The minimum absolute atomic E-state index is 0.404. The lowest BCUT2D eigenvalue weighted by molar-refractivity contribution is 0.146. The quantitative estimate of drug-likeness (QED) is 0.254. The second-order valence-corrected chi connectivity index (χ2v) is 3.37. The van der Waals surface area contributed by atoms with E-state index in [4.69, 9.17) is 15.0 Å². The Morgan fingerprint density at radius 2 is 2.06 bits per heavy atom. The van der Waals surface area contributed by atoms with E-state index in [0.29, 0.717) is 26.2 Å². The molecular formula is C13H15N3O2. The van der Waals surface area contributed by atoms with Crippen molar-refractivity contribution in [1.82, 2.24) is 0 Å². The van der Waals surface area contributed by atoms with Gasteiger partial charge in [-0.3, -0.25) is 0 Å². The predicted octanol–water partition coefficient (Wildman–Crippen LogP) is 2.76. The molecule has 0 spiro atoms. The summed E-state index contributed by atoms with van der Waals surface area (Å²) in [5.74, 6) is 6.71. The van der Waals surface area contributed by atoms with Gasteiger partial charge >= 0.3 is 0 Å². The van der Waals surface area contributed by atoms with E-state index in [0.717, 1.165) is 11.3 Å². The van der Waals surface area contributed by atoms with Crippen LogP contribution in [0.3, 0.4) is 0 Å². The number of nitrogens with zero attached hydrogens (tertiary/aromatic N) is 3. The van der Waals surface area contributed by atoms with E-state index in [1.54, 1.807) is 7.11 Å². The number of benzene rings is 1. The minimum Gasteiger partial charge on any atom is -0.491 e. The zero-order valence-corrected chi connectivity index (χ0v) is 10.3. The van der Waals surface area contributed by atoms with Crippen LogP contribution in [0.5, 0.6) is 5.75 Å². The van der Waals surface area contributed by atoms with Gasteiger partial charge < -0.3 is 9.47 Å². The van der Waals surface area contributed by atoms with Gasteiger partial charge in [0, 0.05) is 30.6 Å². The summed E-state index contributed by atoms with van der Waals surface area (Å²) in [5, 5.41) is 3.41. The first-order valence-electron chi connectivity index (χ1n) is 5.58. The van der Waals surface area contributed by atoms with Crippen molar-refractivity contribution in [3.63, 3.8) is 0 Å². The monoisotopic (exact) mass is 245 g/mol. The largest absolute Gasteiger partial charge is 0.491 e. The average Bonchev–Trinajstić information content (AvgIpc) is 2.40. The maximum absolute atomic E-state index is 8.09. The fourth-order valence-electron chi connectivity index (χ4n) is 1.19. The van der Waals surface area contributed by atoms with Crippen molar-refractivity contribution in [3.05, 3.63) is 40.3 Å². The molecule has 0 aliphatic carbocycles. The molecule has 5 heteroatoms. The van der Waals surface area contributed by atoms with E-state index in [2.05, 4.69) is 21.9 Å². The fourth-order valence-corrected chi connectivity index (χ4v) is 1.19. The van der Waals surface area contributed by atoms with Crippen molar-refractivity contribution in [2.45, 2.75) is 6.42 Å². The molecular weight excluding hydrogens is 230 g/mol. The zero-order chi connectivity index (χ0) is 13.1. The normalized spacial score (nSPS) is 8.94. The highest BCUT2D eigenvalue weighted by Crippen LogP contribution is 2.11. The first-order valence-corrected chi connectivity index (χ1v) is 5.58. The number of azide groups is 1. The molecule has 0 radical (unpaired) electrons. The van der Waals surface area contributed by atoms with Crippen molar-refractivity contribution in [1.29, 1.82) is 0 Å². The first kappa shape index (κ1) is 13.9. The number of rotatable bonds is 6. The fraction of sp³-hybridized carbons (Fsp3) is 0.385. The van der Waals surface area contributed by atoms with Crippen molar-refractivity contribution < 1.29 is 9.47 Å². The van der Waals surface area contributed by atoms with Crippen LogP contribution in [-0.4, -0.2) is 26.9 Å². The van der Waals surface area contributed by atoms with Crippen LogP contribution in [0, 0.1) is 11.8 Å². The Hall–Kier alpha value is -2.15. The highest BCUT2D eigenvalue weighted by Gasteiger charge is 1.93. The molecule has 5 nitrogen and oxygen atoms in total. The predicted molar refractivity (Wildman–Crippen MR) is 69.3 cm³/mol. The van der Waals surface area contributed by atoms with E-state index >= 15 is 0 Å². The molecule has 0 aliphatic heterocycles. The third-order valence-electron chi connectivity index (χ3n) is 2.04. The standard InChI is InChI=1S/C13H15N3O2/c1-17-10-11-18-13-7-5-12(6-8-13)4-2-3-9-15-16-14/h5-8H,3,9-11H2,1H3. The van der Waals surface area contributed by atoms with Gasteiger partial charge in [-0.15, -0.1) is 0 Å². The molecule has 0 fully saturated rings. The van der Waals surface area contributed by atoms with Crippen LogP contribution >= 0.6 is 0 Å². The molecule has 0 heterocycles. The zero-order valence-electron chi connectivity index (χ0n) is 10.3. The molecule has 0 aromatic heterocycles. The third kappa shape index (κ3) is 5.80. The Bertz CT molecular complexity index is 453. The van der Waals surface area contributed by atoms with Crippen LogP contribution in [-0.2, 0) is 4.74 Å². The Labute approximate surface area is 106 Å². The molecule has 1 rings (SSSR count).